The molecule has 5 nitrogen and oxygen atoms in total. The molecule has 1 amide bonds. The molecule has 2 N–H and O–H groups in total. The minimum atomic E-state index is -0.127. The fourth-order valence-corrected chi connectivity index (χ4v) is 3.21. The molecule has 0 radical (unpaired) electrons. The number of carbonyl (C=O) groups excluding carboxylic acids is 1. The molecule has 0 aliphatic rings. The van der Waals surface area contributed by atoms with Crippen LogP contribution in [0.4, 0.5) is 5.13 Å². The van der Waals surface area contributed by atoms with Crippen molar-refractivity contribution in [2.75, 3.05) is 11.9 Å². The maximum Gasteiger partial charge on any atom is 0.263 e. The van der Waals surface area contributed by atoms with Gasteiger partial charge in [0.2, 0.25) is 0 Å². The molecule has 0 bridgehead atoms. The van der Waals surface area contributed by atoms with Crippen molar-refractivity contribution in [2.45, 2.75) is 19.9 Å². The van der Waals surface area contributed by atoms with E-state index >= 15 is 0 Å². The van der Waals surface area contributed by atoms with Crippen LogP contribution in [0, 0.1) is 6.92 Å². The molecule has 0 spiro atoms. The van der Waals surface area contributed by atoms with Gasteiger partial charge in [-0.2, -0.15) is 0 Å². The predicted molar refractivity (Wildman–Crippen MR) is 95.4 cm³/mol. The molecule has 3 aromatic rings. The predicted octanol–water partition coefficient (Wildman–Crippen LogP) is 3.63. The lowest BCUT2D eigenvalue weighted by molar-refractivity contribution is 0.0951. The number of nitrogens with zero attached hydrogens (tertiary/aromatic N) is 1. The van der Waals surface area contributed by atoms with E-state index in [-0.39, 0.29) is 5.91 Å². The fraction of sp³-hybridized carbons (Fsp3) is 0.222. The lowest BCUT2D eigenvalue weighted by Gasteiger charge is -2.02. The molecule has 0 aliphatic carbocycles. The zero-order valence-electron chi connectivity index (χ0n) is 13.4. The van der Waals surface area contributed by atoms with Crippen LogP contribution in [-0.2, 0) is 13.0 Å². The average Bonchev–Trinajstić information content (AvgIpc) is 3.23. The Balaban J connectivity index is 1.53. The third-order valence-electron chi connectivity index (χ3n) is 3.54. The summed E-state index contributed by atoms with van der Waals surface area (Å²) in [5.74, 6) is 0.601. The van der Waals surface area contributed by atoms with E-state index in [0.29, 0.717) is 11.4 Å². The van der Waals surface area contributed by atoms with Gasteiger partial charge < -0.3 is 15.1 Å². The Morgan fingerprint density at radius 2 is 2.04 bits per heavy atom. The summed E-state index contributed by atoms with van der Waals surface area (Å²) in [6, 6.07) is 13.9. The van der Waals surface area contributed by atoms with Gasteiger partial charge in [-0.3, -0.25) is 4.79 Å². The molecule has 2 aromatic heterocycles. The van der Waals surface area contributed by atoms with Crippen LogP contribution in [0.1, 0.15) is 26.7 Å². The van der Waals surface area contributed by atoms with Crippen molar-refractivity contribution >= 4 is 22.4 Å². The van der Waals surface area contributed by atoms with Crippen molar-refractivity contribution in [1.82, 2.24) is 10.3 Å². The van der Waals surface area contributed by atoms with Crippen LogP contribution in [0.25, 0.3) is 0 Å². The Bertz CT molecular complexity index is 782. The van der Waals surface area contributed by atoms with Gasteiger partial charge >= 0.3 is 0 Å². The quantitative estimate of drug-likeness (QED) is 0.689. The first-order valence-electron chi connectivity index (χ1n) is 7.78. The molecule has 0 saturated heterocycles. The van der Waals surface area contributed by atoms with E-state index in [1.165, 1.54) is 16.9 Å². The molecule has 3 rings (SSSR count). The van der Waals surface area contributed by atoms with Gasteiger partial charge in [-0.05, 0) is 31.0 Å². The van der Waals surface area contributed by atoms with Gasteiger partial charge in [0.05, 0.1) is 18.5 Å². The molecule has 1 aromatic carbocycles. The molecular weight excluding hydrogens is 322 g/mol. The summed E-state index contributed by atoms with van der Waals surface area (Å²) in [5.41, 5.74) is 2.01. The molecule has 2 heterocycles. The van der Waals surface area contributed by atoms with E-state index in [4.69, 9.17) is 4.42 Å². The number of rotatable bonds is 7. The normalized spacial score (nSPS) is 10.5. The second-order valence-corrected chi connectivity index (χ2v) is 6.36. The van der Waals surface area contributed by atoms with Gasteiger partial charge in [-0.1, -0.05) is 41.7 Å². The zero-order valence-corrected chi connectivity index (χ0v) is 14.2. The first-order valence-corrected chi connectivity index (χ1v) is 8.60. The van der Waals surface area contributed by atoms with Crippen LogP contribution >= 0.6 is 11.3 Å². The van der Waals surface area contributed by atoms with Gasteiger partial charge in [0.1, 0.15) is 10.6 Å². The van der Waals surface area contributed by atoms with Crippen molar-refractivity contribution in [3.05, 3.63) is 70.6 Å². The van der Waals surface area contributed by atoms with Crippen LogP contribution in [-0.4, -0.2) is 17.4 Å². The molecule has 124 valence electrons. The highest BCUT2D eigenvalue weighted by Gasteiger charge is 2.15. The fourth-order valence-electron chi connectivity index (χ4n) is 2.30. The minimum absolute atomic E-state index is 0.127. The molecule has 24 heavy (non-hydrogen) atoms. The van der Waals surface area contributed by atoms with E-state index in [0.717, 1.165) is 29.6 Å². The highest BCUT2D eigenvalue weighted by atomic mass is 32.1. The summed E-state index contributed by atoms with van der Waals surface area (Å²) in [6.45, 7) is 3.01. The lowest BCUT2D eigenvalue weighted by atomic mass is 10.2. The van der Waals surface area contributed by atoms with E-state index in [1.54, 1.807) is 12.3 Å². The number of hydrogen-bond donors (Lipinski definition) is 2. The number of thiazole rings is 1. The number of aromatic nitrogens is 1. The Morgan fingerprint density at radius 1 is 1.21 bits per heavy atom. The number of aryl methyl sites for hydroxylation is 1. The number of carbonyl (C=O) groups is 1. The largest absolute Gasteiger partial charge is 0.467 e. The lowest BCUT2D eigenvalue weighted by Crippen LogP contribution is -2.22. The molecule has 0 fully saturated rings. The van der Waals surface area contributed by atoms with Crippen molar-refractivity contribution in [1.29, 1.82) is 0 Å². The maximum absolute atomic E-state index is 12.3. The smallest absolute Gasteiger partial charge is 0.263 e. The zero-order chi connectivity index (χ0) is 16.8. The summed E-state index contributed by atoms with van der Waals surface area (Å²) in [6.07, 6.45) is 2.51. The van der Waals surface area contributed by atoms with E-state index in [1.807, 2.05) is 31.2 Å². The second-order valence-electron chi connectivity index (χ2n) is 5.36. The third-order valence-corrected chi connectivity index (χ3v) is 4.65. The molecular formula is C18H19N3O2S. The van der Waals surface area contributed by atoms with Crippen LogP contribution < -0.4 is 10.6 Å². The van der Waals surface area contributed by atoms with Crippen molar-refractivity contribution in [3.8, 4) is 0 Å². The van der Waals surface area contributed by atoms with E-state index < -0.39 is 0 Å². The number of anilines is 1. The first-order chi connectivity index (χ1) is 11.7. The van der Waals surface area contributed by atoms with Crippen LogP contribution in [0.15, 0.2) is 53.1 Å². The summed E-state index contributed by atoms with van der Waals surface area (Å²) < 4.78 is 5.21. The molecule has 6 heteroatoms. The third kappa shape index (κ3) is 4.23. The molecule has 0 aliphatic heterocycles. The Morgan fingerprint density at radius 3 is 2.79 bits per heavy atom. The number of nitrogens with one attached hydrogen (secondary N) is 2. The number of hydrogen-bond acceptors (Lipinski definition) is 5. The maximum atomic E-state index is 12.3. The van der Waals surface area contributed by atoms with Crippen molar-refractivity contribution in [2.24, 2.45) is 0 Å². The van der Waals surface area contributed by atoms with Gasteiger partial charge in [-0.15, -0.1) is 0 Å². The Labute approximate surface area is 144 Å². The van der Waals surface area contributed by atoms with Crippen molar-refractivity contribution in [3.63, 3.8) is 0 Å². The molecule has 0 unspecified atom stereocenters. The van der Waals surface area contributed by atoms with E-state index in [9.17, 15) is 4.79 Å². The van der Waals surface area contributed by atoms with E-state index in [2.05, 4.69) is 27.8 Å². The van der Waals surface area contributed by atoms with Crippen LogP contribution in [0.3, 0.4) is 0 Å². The monoisotopic (exact) mass is 341 g/mol. The Hall–Kier alpha value is -2.60. The summed E-state index contributed by atoms with van der Waals surface area (Å²) >= 11 is 1.38. The summed E-state index contributed by atoms with van der Waals surface area (Å²) in [7, 11) is 0. The number of furan rings is 1. The highest BCUT2D eigenvalue weighted by molar-refractivity contribution is 7.17. The summed E-state index contributed by atoms with van der Waals surface area (Å²) in [5, 5.41) is 6.91. The SMILES string of the molecule is Cc1nc(NCCc2ccccc2)sc1C(=O)NCc1ccco1. The standard InChI is InChI=1S/C18H19N3O2S/c1-13-16(17(22)20-12-15-8-5-11-23-15)24-18(21-13)19-10-9-14-6-3-2-4-7-14/h2-8,11H,9-10,12H2,1H3,(H,19,21)(H,20,22). The van der Waals surface area contributed by atoms with Crippen molar-refractivity contribution < 1.29 is 9.21 Å². The van der Waals surface area contributed by atoms with Gasteiger partial charge in [-0.25, -0.2) is 4.98 Å². The molecule has 0 atom stereocenters. The van der Waals surface area contributed by atoms with Crippen LogP contribution in [0.2, 0.25) is 0 Å². The first kappa shape index (κ1) is 16.3. The number of amides is 1. The van der Waals surface area contributed by atoms with Crippen LogP contribution in [0.5, 0.6) is 0 Å². The molecule has 0 saturated carbocycles. The topological polar surface area (TPSA) is 67.2 Å². The van der Waals surface area contributed by atoms with Gasteiger partial charge in [0.25, 0.3) is 5.91 Å². The minimum Gasteiger partial charge on any atom is -0.467 e. The Kier molecular flexibility index (Phi) is 5.28. The highest BCUT2D eigenvalue weighted by Crippen LogP contribution is 2.22. The summed E-state index contributed by atoms with van der Waals surface area (Å²) in [4.78, 5) is 17.3. The number of benzene rings is 1. The average molecular weight is 341 g/mol. The second kappa shape index (κ2) is 7.79. The van der Waals surface area contributed by atoms with Gasteiger partial charge in [0.15, 0.2) is 5.13 Å². The van der Waals surface area contributed by atoms with Gasteiger partial charge in [0, 0.05) is 6.54 Å².